The molecular formula is C11H20N2O. The highest BCUT2D eigenvalue weighted by molar-refractivity contribution is 6.39. The summed E-state index contributed by atoms with van der Waals surface area (Å²) >= 11 is 0. The van der Waals surface area contributed by atoms with E-state index in [1.54, 1.807) is 7.05 Å². The number of hydrogen-bond donors (Lipinski definition) is 1. The summed E-state index contributed by atoms with van der Waals surface area (Å²) in [7, 11) is 1.67. The summed E-state index contributed by atoms with van der Waals surface area (Å²) in [5.74, 6) is 0.587. The molecule has 0 aromatic heterocycles. The fourth-order valence-electron chi connectivity index (χ4n) is 2.52. The van der Waals surface area contributed by atoms with Gasteiger partial charge in [0.15, 0.2) is 0 Å². The van der Waals surface area contributed by atoms with Crippen LogP contribution in [0.25, 0.3) is 0 Å². The van der Waals surface area contributed by atoms with Crippen LogP contribution in [0.4, 0.5) is 0 Å². The Morgan fingerprint density at radius 2 is 2.07 bits per heavy atom. The molecule has 0 aliphatic heterocycles. The minimum atomic E-state index is -0.335. The van der Waals surface area contributed by atoms with Gasteiger partial charge in [-0.15, -0.1) is 0 Å². The Morgan fingerprint density at radius 1 is 1.43 bits per heavy atom. The van der Waals surface area contributed by atoms with E-state index in [1.165, 1.54) is 19.3 Å². The molecule has 2 atom stereocenters. The minimum absolute atomic E-state index is 0.316. The van der Waals surface area contributed by atoms with Crippen LogP contribution in [0.1, 0.15) is 39.0 Å². The van der Waals surface area contributed by atoms with Crippen molar-refractivity contribution in [1.82, 2.24) is 0 Å². The number of amides is 1. The van der Waals surface area contributed by atoms with Crippen LogP contribution in [-0.2, 0) is 4.79 Å². The maximum Gasteiger partial charge on any atom is 0.262 e. The predicted molar refractivity (Wildman–Crippen MR) is 58.3 cm³/mol. The van der Waals surface area contributed by atoms with Crippen molar-refractivity contribution in [2.45, 2.75) is 39.0 Å². The van der Waals surface area contributed by atoms with E-state index in [0.717, 1.165) is 12.8 Å². The summed E-state index contributed by atoms with van der Waals surface area (Å²) < 4.78 is 0. The molecule has 1 amide bonds. The largest absolute Gasteiger partial charge is 0.365 e. The van der Waals surface area contributed by atoms with Gasteiger partial charge in [-0.05, 0) is 18.8 Å². The maximum atomic E-state index is 11.2. The number of hydrogen-bond acceptors (Lipinski definition) is 2. The quantitative estimate of drug-likeness (QED) is 0.687. The number of nitrogens with two attached hydrogens (primary N) is 1. The zero-order valence-electron chi connectivity index (χ0n) is 9.12. The van der Waals surface area contributed by atoms with E-state index in [1.807, 2.05) is 0 Å². The van der Waals surface area contributed by atoms with Crippen LogP contribution in [0.3, 0.4) is 0 Å². The first-order chi connectivity index (χ1) is 6.70. The minimum Gasteiger partial charge on any atom is -0.365 e. The van der Waals surface area contributed by atoms with Crippen LogP contribution < -0.4 is 5.73 Å². The molecule has 1 aliphatic rings. The summed E-state index contributed by atoms with van der Waals surface area (Å²) in [6.07, 6.45) is 5.90. The van der Waals surface area contributed by atoms with Crippen LogP contribution in [0.5, 0.6) is 0 Å². The average Bonchev–Trinajstić information content (AvgIpc) is 2.19. The standard InChI is InChI=1S/C11H20N2O/c1-3-8-6-4-5-7-9(8)10(13-2)11(12)14/h8-9H,3-7H2,1-2H3,(H2,12,14). The fourth-order valence-corrected chi connectivity index (χ4v) is 2.52. The van der Waals surface area contributed by atoms with Crippen molar-refractivity contribution in [3.8, 4) is 0 Å². The molecule has 0 saturated heterocycles. The second-order valence-corrected chi connectivity index (χ2v) is 4.03. The first kappa shape index (κ1) is 11.2. The van der Waals surface area contributed by atoms with Crippen molar-refractivity contribution in [3.05, 3.63) is 0 Å². The molecule has 1 aliphatic carbocycles. The van der Waals surface area contributed by atoms with Gasteiger partial charge in [0.2, 0.25) is 0 Å². The zero-order valence-corrected chi connectivity index (χ0v) is 9.12. The second-order valence-electron chi connectivity index (χ2n) is 4.03. The van der Waals surface area contributed by atoms with Crippen molar-refractivity contribution in [2.75, 3.05) is 7.05 Å². The molecule has 0 bridgehead atoms. The Morgan fingerprint density at radius 3 is 2.57 bits per heavy atom. The first-order valence-corrected chi connectivity index (χ1v) is 5.47. The van der Waals surface area contributed by atoms with Gasteiger partial charge in [-0.3, -0.25) is 9.79 Å². The lowest BCUT2D eigenvalue weighted by Gasteiger charge is -2.30. The van der Waals surface area contributed by atoms with Gasteiger partial charge >= 0.3 is 0 Å². The molecule has 14 heavy (non-hydrogen) atoms. The van der Waals surface area contributed by atoms with E-state index >= 15 is 0 Å². The number of carbonyl (C=O) groups is 1. The highest BCUT2D eigenvalue weighted by atomic mass is 16.1. The van der Waals surface area contributed by atoms with Crippen molar-refractivity contribution >= 4 is 11.6 Å². The summed E-state index contributed by atoms with van der Waals surface area (Å²) in [6.45, 7) is 2.18. The van der Waals surface area contributed by atoms with Gasteiger partial charge in [0.05, 0.1) is 0 Å². The Labute approximate surface area is 85.8 Å². The summed E-state index contributed by atoms with van der Waals surface area (Å²) in [6, 6.07) is 0. The summed E-state index contributed by atoms with van der Waals surface area (Å²) in [5.41, 5.74) is 5.93. The zero-order chi connectivity index (χ0) is 10.6. The molecule has 80 valence electrons. The lowest BCUT2D eigenvalue weighted by Crippen LogP contribution is -2.36. The number of aliphatic imine (C=N–C) groups is 1. The fraction of sp³-hybridized carbons (Fsp3) is 0.818. The second kappa shape index (κ2) is 5.13. The highest BCUT2D eigenvalue weighted by Gasteiger charge is 2.29. The third kappa shape index (κ3) is 2.34. The molecule has 3 heteroatoms. The molecule has 0 spiro atoms. The maximum absolute atomic E-state index is 11.2. The lowest BCUT2D eigenvalue weighted by molar-refractivity contribution is -0.112. The number of rotatable bonds is 3. The van der Waals surface area contributed by atoms with Crippen molar-refractivity contribution in [2.24, 2.45) is 22.6 Å². The van der Waals surface area contributed by atoms with E-state index in [2.05, 4.69) is 11.9 Å². The van der Waals surface area contributed by atoms with Gasteiger partial charge < -0.3 is 5.73 Å². The van der Waals surface area contributed by atoms with Gasteiger partial charge in [0.25, 0.3) is 5.91 Å². The third-order valence-electron chi connectivity index (χ3n) is 3.28. The van der Waals surface area contributed by atoms with Crippen LogP contribution in [0, 0.1) is 11.8 Å². The molecule has 0 aromatic rings. The number of carbonyl (C=O) groups excluding carboxylic acids is 1. The molecule has 0 heterocycles. The van der Waals surface area contributed by atoms with Crippen molar-refractivity contribution in [3.63, 3.8) is 0 Å². The molecule has 3 nitrogen and oxygen atoms in total. The molecule has 1 fully saturated rings. The molecule has 0 aromatic carbocycles. The van der Waals surface area contributed by atoms with Gasteiger partial charge in [-0.25, -0.2) is 0 Å². The lowest BCUT2D eigenvalue weighted by atomic mass is 9.75. The Balaban J connectivity index is 2.76. The Hall–Kier alpha value is -0.860. The third-order valence-corrected chi connectivity index (χ3v) is 3.28. The van der Waals surface area contributed by atoms with E-state index in [0.29, 0.717) is 17.5 Å². The highest BCUT2D eigenvalue weighted by Crippen LogP contribution is 2.33. The number of nitrogens with zero attached hydrogens (tertiary/aromatic N) is 1. The summed E-state index contributed by atoms with van der Waals surface area (Å²) in [5, 5.41) is 0. The van der Waals surface area contributed by atoms with E-state index in [-0.39, 0.29) is 5.91 Å². The Kier molecular flexibility index (Phi) is 4.11. The normalized spacial score (nSPS) is 28.9. The Bertz CT molecular complexity index is 235. The van der Waals surface area contributed by atoms with Crippen LogP contribution >= 0.6 is 0 Å². The SMILES string of the molecule is CCC1CCCCC1C(=NC)C(N)=O. The molecule has 2 N–H and O–H groups in total. The van der Waals surface area contributed by atoms with E-state index in [9.17, 15) is 4.79 Å². The average molecular weight is 196 g/mol. The van der Waals surface area contributed by atoms with Crippen LogP contribution in [0.2, 0.25) is 0 Å². The van der Waals surface area contributed by atoms with Crippen molar-refractivity contribution < 1.29 is 4.79 Å². The van der Waals surface area contributed by atoms with E-state index in [4.69, 9.17) is 5.73 Å². The van der Waals surface area contributed by atoms with E-state index < -0.39 is 0 Å². The topological polar surface area (TPSA) is 55.4 Å². The number of primary amides is 1. The van der Waals surface area contributed by atoms with Crippen molar-refractivity contribution in [1.29, 1.82) is 0 Å². The molecule has 0 radical (unpaired) electrons. The predicted octanol–water partition coefficient (Wildman–Crippen LogP) is 1.76. The molecule has 1 rings (SSSR count). The molecule has 2 unspecified atom stereocenters. The van der Waals surface area contributed by atoms with Gasteiger partial charge in [-0.2, -0.15) is 0 Å². The monoisotopic (exact) mass is 196 g/mol. The van der Waals surface area contributed by atoms with Gasteiger partial charge in [0, 0.05) is 13.0 Å². The van der Waals surface area contributed by atoms with Crippen LogP contribution in [-0.4, -0.2) is 18.7 Å². The van der Waals surface area contributed by atoms with Crippen LogP contribution in [0.15, 0.2) is 4.99 Å². The summed E-state index contributed by atoms with van der Waals surface area (Å²) in [4.78, 5) is 15.2. The molecular weight excluding hydrogens is 176 g/mol. The van der Waals surface area contributed by atoms with Gasteiger partial charge in [-0.1, -0.05) is 26.2 Å². The van der Waals surface area contributed by atoms with Gasteiger partial charge in [0.1, 0.15) is 5.71 Å². The first-order valence-electron chi connectivity index (χ1n) is 5.47. The molecule has 1 saturated carbocycles. The smallest absolute Gasteiger partial charge is 0.262 e.